The molecule has 0 fully saturated rings. The molecule has 2 aromatic carbocycles. The molecule has 0 unspecified atom stereocenters. The van der Waals surface area contributed by atoms with Crippen molar-refractivity contribution < 1.29 is 30.3 Å². The van der Waals surface area contributed by atoms with E-state index in [2.05, 4.69) is 31.7 Å². The summed E-state index contributed by atoms with van der Waals surface area (Å²) < 4.78 is 0. The van der Waals surface area contributed by atoms with E-state index in [0.29, 0.717) is 48.8 Å². The molecule has 0 aromatic heterocycles. The van der Waals surface area contributed by atoms with E-state index < -0.39 is 11.5 Å². The van der Waals surface area contributed by atoms with Gasteiger partial charge in [-0.2, -0.15) is 0 Å². The number of phenols is 4. The van der Waals surface area contributed by atoms with Crippen molar-refractivity contribution >= 4 is 6.29 Å². The van der Waals surface area contributed by atoms with Crippen molar-refractivity contribution in [3.05, 3.63) is 105 Å². The third kappa shape index (κ3) is 7.49. The van der Waals surface area contributed by atoms with Gasteiger partial charge in [-0.15, -0.1) is 0 Å². The molecule has 0 amide bonds. The Morgan fingerprint density at radius 2 is 1.58 bits per heavy atom. The van der Waals surface area contributed by atoms with E-state index in [1.807, 2.05) is 20.8 Å². The van der Waals surface area contributed by atoms with Crippen molar-refractivity contribution in [2.75, 3.05) is 0 Å². The van der Waals surface area contributed by atoms with E-state index in [4.69, 9.17) is 0 Å². The minimum absolute atomic E-state index is 0.0374. The molecule has 4 aliphatic rings. The Labute approximate surface area is 285 Å². The molecule has 6 bridgehead atoms. The van der Waals surface area contributed by atoms with Crippen LogP contribution >= 0.6 is 0 Å². The van der Waals surface area contributed by atoms with Crippen LogP contribution in [0.3, 0.4) is 0 Å². The summed E-state index contributed by atoms with van der Waals surface area (Å²) in [6.45, 7) is 12.3. The molecule has 0 heterocycles. The number of phenolic OH excluding ortho intramolecular Hbond substituents is 4. The molecule has 6 nitrogen and oxygen atoms in total. The topological polar surface area (TPSA) is 118 Å². The second kappa shape index (κ2) is 14.6. The van der Waals surface area contributed by atoms with Gasteiger partial charge >= 0.3 is 0 Å². The Bertz CT molecular complexity index is 1690. The second-order valence-electron chi connectivity index (χ2n) is 14.8. The van der Waals surface area contributed by atoms with Crippen molar-refractivity contribution in [3.8, 4) is 23.0 Å². The molecule has 6 rings (SSSR count). The highest BCUT2D eigenvalue weighted by Crippen LogP contribution is 2.52. The number of hydrogen-bond acceptors (Lipinski definition) is 6. The normalized spacial score (nSPS) is 27.1. The fraction of sp³-hybridized carbons (Fsp3) is 0.452. The lowest BCUT2D eigenvalue weighted by molar-refractivity contribution is -0.123. The summed E-state index contributed by atoms with van der Waals surface area (Å²) in [4.78, 5) is 13.6. The van der Waals surface area contributed by atoms with Crippen LogP contribution in [0.15, 0.2) is 83.0 Å². The molecule has 0 aliphatic heterocycles. The maximum absolute atomic E-state index is 13.6. The van der Waals surface area contributed by atoms with Gasteiger partial charge in [-0.3, -0.25) is 0 Å². The van der Waals surface area contributed by atoms with Gasteiger partial charge in [-0.1, -0.05) is 58.7 Å². The monoisotopic (exact) mass is 652 g/mol. The van der Waals surface area contributed by atoms with Crippen LogP contribution in [0.2, 0.25) is 0 Å². The van der Waals surface area contributed by atoms with Crippen LogP contribution in [0, 0.1) is 17.3 Å². The van der Waals surface area contributed by atoms with E-state index >= 15 is 0 Å². The lowest BCUT2D eigenvalue weighted by atomic mass is 9.56. The quantitative estimate of drug-likeness (QED) is 0.125. The molecule has 256 valence electrons. The van der Waals surface area contributed by atoms with Crippen LogP contribution in [-0.2, 0) is 17.6 Å². The van der Waals surface area contributed by atoms with E-state index in [1.54, 1.807) is 18.2 Å². The van der Waals surface area contributed by atoms with Gasteiger partial charge < -0.3 is 30.3 Å². The number of benzene rings is 2. The first-order valence-electron chi connectivity index (χ1n) is 17.4. The minimum Gasteiger partial charge on any atom is -0.508 e. The summed E-state index contributed by atoms with van der Waals surface area (Å²) in [6.07, 6.45) is 15.1. The fourth-order valence-corrected chi connectivity index (χ4v) is 8.41. The average molecular weight is 653 g/mol. The number of aldehydes is 1. The van der Waals surface area contributed by atoms with Crippen molar-refractivity contribution in [2.45, 2.75) is 104 Å². The number of carbonyl (C=O) groups is 1. The van der Waals surface area contributed by atoms with Crippen LogP contribution in [-0.4, -0.2) is 31.8 Å². The number of carbonyl (C=O) groups excluding carboxylic acids is 1. The van der Waals surface area contributed by atoms with Gasteiger partial charge in [0, 0.05) is 28.0 Å². The number of hydrogen-bond donors (Lipinski definition) is 5. The Morgan fingerprint density at radius 1 is 0.833 bits per heavy atom. The molecule has 4 aliphatic carbocycles. The fourth-order valence-electron chi connectivity index (χ4n) is 8.41. The number of rotatable bonds is 2. The number of allylic oxidation sites excluding steroid dienone is 8. The standard InChI is InChI=1S/C42H52O6/c1-25(2)35-12-11-26(3)9-7-13-42(24-43)32-15-28(5)16-39(46)37-23-38(45)30(21-40(37)47)14-27(4)8-6-10-29(17-32)18-33(42)19-31-20-34(44)22-36(35)41(31)48/h8-9,16-17,20-24,32-33,35,39,44-48H,1,6-7,10-15,18-19H2,2-5H3/t32-,33+,35+,39+,42-/m1/s1. The Hall–Kier alpha value is -4.03. The largest absolute Gasteiger partial charge is 0.508 e. The lowest BCUT2D eigenvalue weighted by Gasteiger charge is -2.46. The molecule has 0 saturated carbocycles. The molecule has 2 aromatic rings. The van der Waals surface area contributed by atoms with Gasteiger partial charge in [-0.25, -0.2) is 0 Å². The second-order valence-corrected chi connectivity index (χ2v) is 14.8. The van der Waals surface area contributed by atoms with Crippen molar-refractivity contribution in [1.82, 2.24) is 0 Å². The number of aliphatic hydroxyl groups is 1. The first-order chi connectivity index (χ1) is 22.8. The van der Waals surface area contributed by atoms with Crippen molar-refractivity contribution in [1.29, 1.82) is 0 Å². The predicted octanol–water partition coefficient (Wildman–Crippen LogP) is 9.33. The number of aromatic hydroxyl groups is 4. The van der Waals surface area contributed by atoms with Crippen LogP contribution < -0.4 is 0 Å². The molecule has 0 radical (unpaired) electrons. The number of fused-ring (bicyclic) bond motifs is 10. The first kappa shape index (κ1) is 35.3. The van der Waals surface area contributed by atoms with Gasteiger partial charge in [0.25, 0.3) is 0 Å². The van der Waals surface area contributed by atoms with Gasteiger partial charge in [0.1, 0.15) is 35.4 Å². The van der Waals surface area contributed by atoms with Crippen LogP contribution in [0.1, 0.15) is 113 Å². The lowest BCUT2D eigenvalue weighted by Crippen LogP contribution is -2.43. The van der Waals surface area contributed by atoms with Crippen molar-refractivity contribution in [2.24, 2.45) is 17.3 Å². The van der Waals surface area contributed by atoms with E-state index in [0.717, 1.165) is 55.1 Å². The highest BCUT2D eigenvalue weighted by molar-refractivity contribution is 5.63. The molecule has 0 saturated heterocycles. The summed E-state index contributed by atoms with van der Waals surface area (Å²) in [5.74, 6) is -0.166. The molecular weight excluding hydrogens is 600 g/mol. The van der Waals surface area contributed by atoms with Crippen molar-refractivity contribution in [3.63, 3.8) is 0 Å². The van der Waals surface area contributed by atoms with E-state index in [9.17, 15) is 30.3 Å². The van der Waals surface area contributed by atoms with Crippen LogP contribution in [0.5, 0.6) is 23.0 Å². The Balaban J connectivity index is 1.64. The summed E-state index contributed by atoms with van der Waals surface area (Å²) in [5, 5.41) is 55.4. The SMILES string of the molecule is C=C(C)[C@@H]1CCC(C)=CCC[C@]2(C=O)[C@@H](CC3=C[C@H]2CC(C)=C[C@H](O)c2cc(O)c(cc2O)CC(C)=CCC3)Cc2cc(O)cc1c2O. The maximum Gasteiger partial charge on any atom is 0.127 e. The summed E-state index contributed by atoms with van der Waals surface area (Å²) in [6, 6.07) is 6.29. The number of aliphatic hydroxyl groups excluding tert-OH is 1. The summed E-state index contributed by atoms with van der Waals surface area (Å²) in [7, 11) is 0. The zero-order valence-electron chi connectivity index (χ0n) is 28.9. The third-order valence-electron chi connectivity index (χ3n) is 11.1. The minimum atomic E-state index is -1.14. The Morgan fingerprint density at radius 3 is 2.31 bits per heavy atom. The average Bonchev–Trinajstić information content (AvgIpc) is 3.01. The molecule has 6 heteroatoms. The molecule has 48 heavy (non-hydrogen) atoms. The Kier molecular flexibility index (Phi) is 10.7. The van der Waals surface area contributed by atoms with E-state index in [-0.39, 0.29) is 46.3 Å². The zero-order chi connectivity index (χ0) is 34.7. The molecule has 0 spiro atoms. The highest BCUT2D eigenvalue weighted by atomic mass is 16.3. The molecule has 5 atom stereocenters. The summed E-state index contributed by atoms with van der Waals surface area (Å²) >= 11 is 0. The third-order valence-corrected chi connectivity index (χ3v) is 11.1. The first-order valence-corrected chi connectivity index (χ1v) is 17.4. The summed E-state index contributed by atoms with van der Waals surface area (Å²) in [5.41, 5.74) is 6.74. The maximum atomic E-state index is 13.6. The highest BCUT2D eigenvalue weighted by Gasteiger charge is 2.47. The van der Waals surface area contributed by atoms with Gasteiger partial charge in [0.2, 0.25) is 0 Å². The smallest absolute Gasteiger partial charge is 0.127 e. The van der Waals surface area contributed by atoms with Crippen LogP contribution in [0.25, 0.3) is 0 Å². The van der Waals surface area contributed by atoms with Crippen LogP contribution in [0.4, 0.5) is 0 Å². The van der Waals surface area contributed by atoms with Gasteiger partial charge in [0.05, 0.1) is 0 Å². The molecular formula is C42H52O6. The van der Waals surface area contributed by atoms with Gasteiger partial charge in [0.15, 0.2) is 0 Å². The molecule has 5 N–H and O–H groups in total. The predicted molar refractivity (Wildman–Crippen MR) is 191 cm³/mol. The zero-order valence-corrected chi connectivity index (χ0v) is 28.9. The van der Waals surface area contributed by atoms with E-state index in [1.165, 1.54) is 23.3 Å². The van der Waals surface area contributed by atoms with Gasteiger partial charge in [-0.05, 0) is 134 Å².